The molecule has 4 aromatic rings. The maximum absolute atomic E-state index is 13.4. The van der Waals surface area contributed by atoms with Crippen LogP contribution in [-0.2, 0) is 17.9 Å². The van der Waals surface area contributed by atoms with Gasteiger partial charge in [0.1, 0.15) is 35.3 Å². The number of amides is 1. The number of methoxy groups -OCH3 is 1. The van der Waals surface area contributed by atoms with Gasteiger partial charge in [-0.1, -0.05) is 18.2 Å². The molecule has 2 N–H and O–H groups in total. The summed E-state index contributed by atoms with van der Waals surface area (Å²) in [7, 11) is 1.56. The van der Waals surface area contributed by atoms with E-state index in [4.69, 9.17) is 21.1 Å². The van der Waals surface area contributed by atoms with Crippen molar-refractivity contribution >= 4 is 34.1 Å². The van der Waals surface area contributed by atoms with Gasteiger partial charge in [-0.2, -0.15) is 0 Å². The summed E-state index contributed by atoms with van der Waals surface area (Å²) in [6.45, 7) is 0.238. The number of carbonyl (C=O) groups excluding carboxylic acids is 1. The Labute approximate surface area is 211 Å². The number of anilines is 1. The standard InChI is InChI=1S/C26H24ClN3O6/c1-35-19-9-5-17(6-10-19)16-30-25(33)21-3-2-4-22(31)24(21)29(26(30)34)13-14-36-20-11-7-18(8-12-20)28-23(32)15-27/h2-12,31H,13-16H2,1H3,(H,28,32). The van der Waals surface area contributed by atoms with Crippen molar-refractivity contribution in [1.29, 1.82) is 0 Å². The molecule has 9 nitrogen and oxygen atoms in total. The third-order valence-corrected chi connectivity index (χ3v) is 5.81. The number of carbonyl (C=O) groups is 1. The number of aromatic hydroxyl groups is 1. The molecular formula is C26H24ClN3O6. The molecule has 3 aromatic carbocycles. The third-order valence-electron chi connectivity index (χ3n) is 5.56. The maximum Gasteiger partial charge on any atom is 0.332 e. The van der Waals surface area contributed by atoms with E-state index < -0.39 is 11.2 Å². The fourth-order valence-electron chi connectivity index (χ4n) is 3.81. The van der Waals surface area contributed by atoms with Crippen molar-refractivity contribution in [3.63, 3.8) is 0 Å². The van der Waals surface area contributed by atoms with Gasteiger partial charge >= 0.3 is 5.69 Å². The predicted molar refractivity (Wildman–Crippen MR) is 138 cm³/mol. The number of aromatic nitrogens is 2. The van der Waals surface area contributed by atoms with E-state index in [2.05, 4.69) is 5.32 Å². The Morgan fingerprint density at radius 3 is 2.33 bits per heavy atom. The van der Waals surface area contributed by atoms with Gasteiger partial charge in [0.15, 0.2) is 0 Å². The zero-order valence-electron chi connectivity index (χ0n) is 19.4. The highest BCUT2D eigenvalue weighted by molar-refractivity contribution is 6.29. The van der Waals surface area contributed by atoms with Gasteiger partial charge in [0.05, 0.1) is 25.6 Å². The lowest BCUT2D eigenvalue weighted by Crippen LogP contribution is -2.41. The van der Waals surface area contributed by atoms with E-state index in [9.17, 15) is 19.5 Å². The molecule has 0 saturated carbocycles. The zero-order valence-corrected chi connectivity index (χ0v) is 20.2. The van der Waals surface area contributed by atoms with E-state index in [0.717, 1.165) is 10.1 Å². The van der Waals surface area contributed by atoms with Crippen LogP contribution in [0, 0.1) is 0 Å². The van der Waals surface area contributed by atoms with Gasteiger partial charge in [-0.15, -0.1) is 11.6 Å². The van der Waals surface area contributed by atoms with E-state index in [0.29, 0.717) is 17.2 Å². The summed E-state index contributed by atoms with van der Waals surface area (Å²) < 4.78 is 13.4. The van der Waals surface area contributed by atoms with Gasteiger partial charge in [-0.05, 0) is 54.1 Å². The molecule has 1 amide bonds. The van der Waals surface area contributed by atoms with Crippen LogP contribution in [0.4, 0.5) is 5.69 Å². The van der Waals surface area contributed by atoms with E-state index in [1.807, 2.05) is 0 Å². The Morgan fingerprint density at radius 2 is 1.67 bits per heavy atom. The quantitative estimate of drug-likeness (QED) is 0.335. The number of para-hydroxylation sites is 1. The molecule has 0 fully saturated rings. The number of phenols is 1. The second kappa shape index (κ2) is 11.0. The maximum atomic E-state index is 13.4. The molecule has 0 unspecified atom stereocenters. The highest BCUT2D eigenvalue weighted by Gasteiger charge is 2.16. The van der Waals surface area contributed by atoms with Crippen molar-refractivity contribution in [3.8, 4) is 17.2 Å². The Hall–Kier alpha value is -4.24. The molecular weight excluding hydrogens is 486 g/mol. The van der Waals surface area contributed by atoms with Crippen molar-refractivity contribution in [2.45, 2.75) is 13.1 Å². The molecule has 0 aliphatic carbocycles. The van der Waals surface area contributed by atoms with Crippen molar-refractivity contribution < 1.29 is 19.4 Å². The summed E-state index contributed by atoms with van der Waals surface area (Å²) in [6.07, 6.45) is 0. The van der Waals surface area contributed by atoms with Crippen molar-refractivity contribution in [1.82, 2.24) is 9.13 Å². The Bertz CT molecular complexity index is 1490. The van der Waals surface area contributed by atoms with E-state index in [-0.39, 0.29) is 48.1 Å². The van der Waals surface area contributed by atoms with E-state index in [1.54, 1.807) is 67.8 Å². The number of rotatable bonds is 9. The number of nitrogens with one attached hydrogen (secondary N) is 1. The van der Waals surface area contributed by atoms with Crippen LogP contribution in [0.25, 0.3) is 10.9 Å². The van der Waals surface area contributed by atoms with Crippen LogP contribution < -0.4 is 26.0 Å². The number of nitrogens with zero attached hydrogens (tertiary/aromatic N) is 2. The first-order valence-electron chi connectivity index (χ1n) is 11.1. The first kappa shape index (κ1) is 24.9. The van der Waals surface area contributed by atoms with Crippen LogP contribution in [-0.4, -0.2) is 39.7 Å². The summed E-state index contributed by atoms with van der Waals surface area (Å²) in [5.41, 5.74) is 0.423. The van der Waals surface area contributed by atoms with Gasteiger partial charge in [0.2, 0.25) is 5.91 Å². The van der Waals surface area contributed by atoms with Crippen molar-refractivity contribution in [2.24, 2.45) is 0 Å². The molecule has 10 heteroatoms. The molecule has 0 aliphatic rings. The van der Waals surface area contributed by atoms with E-state index in [1.165, 1.54) is 10.6 Å². The minimum atomic E-state index is -0.562. The number of fused-ring (bicyclic) bond motifs is 1. The highest BCUT2D eigenvalue weighted by atomic mass is 35.5. The second-order valence-corrected chi connectivity index (χ2v) is 8.17. The highest BCUT2D eigenvalue weighted by Crippen LogP contribution is 2.21. The molecule has 0 aliphatic heterocycles. The summed E-state index contributed by atoms with van der Waals surface area (Å²) >= 11 is 5.49. The average molecular weight is 510 g/mol. The topological polar surface area (TPSA) is 112 Å². The molecule has 0 radical (unpaired) electrons. The summed E-state index contributed by atoms with van der Waals surface area (Å²) in [6, 6.07) is 18.3. The molecule has 0 spiro atoms. The van der Waals surface area contributed by atoms with Gasteiger partial charge in [0.25, 0.3) is 5.56 Å². The summed E-state index contributed by atoms with van der Waals surface area (Å²) in [5, 5.41) is 13.3. The number of hydrogen-bond acceptors (Lipinski definition) is 6. The normalized spacial score (nSPS) is 10.8. The minimum Gasteiger partial charge on any atom is -0.506 e. The van der Waals surface area contributed by atoms with Gasteiger partial charge in [0, 0.05) is 5.69 Å². The number of alkyl halides is 1. The molecule has 186 valence electrons. The Kier molecular flexibility index (Phi) is 7.60. The summed E-state index contributed by atoms with van der Waals surface area (Å²) in [4.78, 5) is 37.9. The average Bonchev–Trinajstić information content (AvgIpc) is 2.90. The molecule has 4 rings (SSSR count). The monoisotopic (exact) mass is 509 g/mol. The molecule has 36 heavy (non-hydrogen) atoms. The molecule has 0 saturated heterocycles. The minimum absolute atomic E-state index is 0.0591. The van der Waals surface area contributed by atoms with Crippen LogP contribution in [0.15, 0.2) is 76.3 Å². The molecule has 0 atom stereocenters. The lowest BCUT2D eigenvalue weighted by molar-refractivity contribution is -0.113. The number of benzene rings is 3. The fourth-order valence-corrected chi connectivity index (χ4v) is 3.87. The number of halogens is 1. The lowest BCUT2D eigenvalue weighted by atomic mass is 10.2. The first-order valence-corrected chi connectivity index (χ1v) is 11.6. The van der Waals surface area contributed by atoms with Gasteiger partial charge < -0.3 is 19.9 Å². The third kappa shape index (κ3) is 5.36. The van der Waals surface area contributed by atoms with Gasteiger partial charge in [-0.25, -0.2) is 4.79 Å². The van der Waals surface area contributed by atoms with Crippen LogP contribution in [0.1, 0.15) is 5.56 Å². The van der Waals surface area contributed by atoms with Crippen molar-refractivity contribution in [2.75, 3.05) is 24.9 Å². The number of phenolic OH excluding ortho intramolecular Hbond substituents is 1. The lowest BCUT2D eigenvalue weighted by Gasteiger charge is -2.16. The van der Waals surface area contributed by atoms with Crippen LogP contribution in [0.3, 0.4) is 0 Å². The molecule has 1 heterocycles. The van der Waals surface area contributed by atoms with Crippen LogP contribution in [0.2, 0.25) is 0 Å². The Balaban J connectivity index is 1.61. The van der Waals surface area contributed by atoms with Gasteiger partial charge in [-0.3, -0.25) is 18.7 Å². The molecule has 1 aromatic heterocycles. The number of hydrogen-bond donors (Lipinski definition) is 2. The summed E-state index contributed by atoms with van der Waals surface area (Å²) in [5.74, 6) is 0.554. The number of ether oxygens (including phenoxy) is 2. The zero-order chi connectivity index (χ0) is 25.7. The smallest absolute Gasteiger partial charge is 0.332 e. The SMILES string of the molecule is COc1ccc(Cn2c(=O)c3cccc(O)c3n(CCOc3ccc(NC(=O)CCl)cc3)c2=O)cc1. The fraction of sp³-hybridized carbons (Fsp3) is 0.192. The van der Waals surface area contributed by atoms with Crippen LogP contribution in [0.5, 0.6) is 17.2 Å². The first-order chi connectivity index (χ1) is 17.4. The largest absolute Gasteiger partial charge is 0.506 e. The second-order valence-electron chi connectivity index (χ2n) is 7.90. The van der Waals surface area contributed by atoms with Crippen LogP contribution >= 0.6 is 11.6 Å². The molecule has 0 bridgehead atoms. The Morgan fingerprint density at radius 1 is 0.972 bits per heavy atom. The predicted octanol–water partition coefficient (Wildman–Crippen LogP) is 3.18. The van der Waals surface area contributed by atoms with Crippen molar-refractivity contribution in [3.05, 3.63) is 93.1 Å². The van der Waals surface area contributed by atoms with E-state index >= 15 is 0 Å².